The van der Waals surface area contributed by atoms with E-state index in [0.717, 1.165) is 67.4 Å². The SMILES string of the molecule is CCCN(CCC)S(=O)(=O)c1ccc(CN[C@H]2CC[C@@H](Nc3nc(N(C)C)c4ccccc4n3)CC2)cc1. The van der Waals surface area contributed by atoms with Gasteiger partial charge in [0.1, 0.15) is 5.82 Å². The minimum Gasteiger partial charge on any atom is -0.362 e. The lowest BCUT2D eigenvalue weighted by Crippen LogP contribution is -2.37. The molecule has 9 heteroatoms. The van der Waals surface area contributed by atoms with E-state index >= 15 is 0 Å². The summed E-state index contributed by atoms with van der Waals surface area (Å²) in [7, 11) is 0.582. The van der Waals surface area contributed by atoms with Gasteiger partial charge in [0.15, 0.2) is 0 Å². The monoisotopic (exact) mass is 538 g/mol. The quantitative estimate of drug-likeness (QED) is 0.335. The van der Waals surface area contributed by atoms with Crippen LogP contribution >= 0.6 is 0 Å². The summed E-state index contributed by atoms with van der Waals surface area (Å²) in [6.45, 7) is 5.86. The Bertz CT molecular complexity index is 1280. The zero-order valence-corrected chi connectivity index (χ0v) is 24.0. The van der Waals surface area contributed by atoms with Crippen molar-refractivity contribution in [2.24, 2.45) is 0 Å². The molecule has 1 saturated carbocycles. The Hall–Kier alpha value is -2.75. The van der Waals surface area contributed by atoms with E-state index in [0.29, 0.717) is 36.0 Å². The number of fused-ring (bicyclic) bond motifs is 1. The van der Waals surface area contributed by atoms with Crippen molar-refractivity contribution in [2.75, 3.05) is 37.4 Å². The number of hydrogen-bond donors (Lipinski definition) is 2. The van der Waals surface area contributed by atoms with Gasteiger partial charge in [0, 0.05) is 51.2 Å². The van der Waals surface area contributed by atoms with Gasteiger partial charge in [0.2, 0.25) is 16.0 Å². The van der Waals surface area contributed by atoms with E-state index in [9.17, 15) is 8.42 Å². The molecule has 0 saturated heterocycles. The highest BCUT2D eigenvalue weighted by Crippen LogP contribution is 2.26. The van der Waals surface area contributed by atoms with Crippen molar-refractivity contribution in [3.8, 4) is 0 Å². The standard InChI is InChI=1S/C29H42N6O2S/c1-5-19-35(20-6-2)38(36,37)25-17-11-22(12-18-25)21-30-23-13-15-24(16-14-23)31-29-32-27-10-8-7-9-26(27)28(33-29)34(3)4/h7-12,17-18,23-24,30H,5-6,13-16,19-21H2,1-4H3,(H,31,32,33)/t23-,24+. The molecule has 8 nitrogen and oxygen atoms in total. The minimum atomic E-state index is -3.44. The Morgan fingerprint density at radius 1 is 0.868 bits per heavy atom. The van der Waals surface area contributed by atoms with E-state index in [1.54, 1.807) is 16.4 Å². The fourth-order valence-electron chi connectivity index (χ4n) is 5.13. The van der Waals surface area contributed by atoms with Gasteiger partial charge in [0.25, 0.3) is 0 Å². The van der Waals surface area contributed by atoms with Crippen molar-refractivity contribution in [2.45, 2.75) is 75.9 Å². The van der Waals surface area contributed by atoms with Gasteiger partial charge in [-0.3, -0.25) is 0 Å². The first-order chi connectivity index (χ1) is 18.3. The first-order valence-corrected chi connectivity index (χ1v) is 15.3. The van der Waals surface area contributed by atoms with Gasteiger partial charge in [-0.05, 0) is 68.4 Å². The van der Waals surface area contributed by atoms with Crippen molar-refractivity contribution in [1.82, 2.24) is 19.6 Å². The van der Waals surface area contributed by atoms with Crippen LogP contribution in [0.4, 0.5) is 11.8 Å². The predicted octanol–water partition coefficient (Wildman–Crippen LogP) is 5.02. The zero-order valence-electron chi connectivity index (χ0n) is 23.2. The summed E-state index contributed by atoms with van der Waals surface area (Å²) in [5, 5.41) is 8.30. The Morgan fingerprint density at radius 2 is 1.50 bits per heavy atom. The van der Waals surface area contributed by atoms with Crippen LogP contribution in [0.1, 0.15) is 57.9 Å². The molecule has 1 aliphatic rings. The number of nitrogens with zero attached hydrogens (tertiary/aromatic N) is 4. The topological polar surface area (TPSA) is 90.5 Å². The third-order valence-electron chi connectivity index (χ3n) is 7.17. The second-order valence-corrected chi connectivity index (χ2v) is 12.3. The minimum absolute atomic E-state index is 0.350. The van der Waals surface area contributed by atoms with Gasteiger partial charge >= 0.3 is 0 Å². The number of nitrogens with one attached hydrogen (secondary N) is 2. The Morgan fingerprint density at radius 3 is 2.13 bits per heavy atom. The molecule has 2 aromatic carbocycles. The van der Waals surface area contributed by atoms with Crippen molar-refractivity contribution in [3.05, 3.63) is 54.1 Å². The first-order valence-electron chi connectivity index (χ1n) is 13.8. The van der Waals surface area contributed by atoms with E-state index in [1.165, 1.54) is 0 Å². The average molecular weight is 539 g/mol. The van der Waals surface area contributed by atoms with E-state index in [1.807, 2.05) is 63.2 Å². The molecule has 206 valence electrons. The molecule has 1 heterocycles. The molecular formula is C29H42N6O2S. The largest absolute Gasteiger partial charge is 0.362 e. The highest BCUT2D eigenvalue weighted by Gasteiger charge is 2.24. The second-order valence-electron chi connectivity index (χ2n) is 10.4. The smallest absolute Gasteiger partial charge is 0.243 e. The third kappa shape index (κ3) is 6.81. The van der Waals surface area contributed by atoms with Gasteiger partial charge in [-0.15, -0.1) is 0 Å². The lowest BCUT2D eigenvalue weighted by atomic mass is 9.91. The molecule has 1 aromatic heterocycles. The molecule has 0 unspecified atom stereocenters. The molecule has 2 N–H and O–H groups in total. The summed E-state index contributed by atoms with van der Waals surface area (Å²) in [6, 6.07) is 16.3. The van der Waals surface area contributed by atoms with Crippen LogP contribution < -0.4 is 15.5 Å². The lowest BCUT2D eigenvalue weighted by molar-refractivity contribution is 0.352. The van der Waals surface area contributed by atoms with E-state index in [2.05, 4.69) is 16.7 Å². The van der Waals surface area contributed by atoms with E-state index in [4.69, 9.17) is 9.97 Å². The Kier molecular flexibility index (Phi) is 9.57. The molecule has 38 heavy (non-hydrogen) atoms. The Labute approximate surface area is 227 Å². The highest BCUT2D eigenvalue weighted by atomic mass is 32.2. The molecule has 4 rings (SSSR count). The van der Waals surface area contributed by atoms with Crippen molar-refractivity contribution in [3.63, 3.8) is 0 Å². The van der Waals surface area contributed by atoms with Gasteiger partial charge < -0.3 is 15.5 Å². The molecule has 0 radical (unpaired) electrons. The second kappa shape index (κ2) is 12.9. The van der Waals surface area contributed by atoms with Crippen LogP contribution in [-0.2, 0) is 16.6 Å². The maximum atomic E-state index is 13.0. The number of aromatic nitrogens is 2. The van der Waals surface area contributed by atoms with Crippen LogP contribution in [0.25, 0.3) is 10.9 Å². The lowest BCUT2D eigenvalue weighted by Gasteiger charge is -2.30. The molecule has 1 fully saturated rings. The summed E-state index contributed by atoms with van der Waals surface area (Å²) < 4.78 is 27.6. The maximum absolute atomic E-state index is 13.0. The van der Waals surface area contributed by atoms with Crippen molar-refractivity contribution in [1.29, 1.82) is 0 Å². The summed E-state index contributed by atoms with van der Waals surface area (Å²) in [6.07, 6.45) is 5.86. The first kappa shape index (κ1) is 28.3. The third-order valence-corrected chi connectivity index (χ3v) is 9.08. The number of para-hydroxylation sites is 1. The zero-order chi connectivity index (χ0) is 27.1. The molecule has 0 bridgehead atoms. The maximum Gasteiger partial charge on any atom is 0.243 e. The van der Waals surface area contributed by atoms with Crippen LogP contribution in [0.5, 0.6) is 0 Å². The molecule has 0 atom stereocenters. The van der Waals surface area contributed by atoms with E-state index in [-0.39, 0.29) is 0 Å². The summed E-state index contributed by atoms with van der Waals surface area (Å²) in [4.78, 5) is 11.9. The average Bonchev–Trinajstić information content (AvgIpc) is 2.92. The highest BCUT2D eigenvalue weighted by molar-refractivity contribution is 7.89. The predicted molar refractivity (Wildman–Crippen MR) is 156 cm³/mol. The number of hydrogen-bond acceptors (Lipinski definition) is 7. The van der Waals surface area contributed by atoms with Crippen LogP contribution in [0.2, 0.25) is 0 Å². The summed E-state index contributed by atoms with van der Waals surface area (Å²) in [5.41, 5.74) is 2.05. The summed E-state index contributed by atoms with van der Waals surface area (Å²) >= 11 is 0. The van der Waals surface area contributed by atoms with Gasteiger partial charge in [0.05, 0.1) is 10.4 Å². The van der Waals surface area contributed by atoms with Crippen LogP contribution in [0, 0.1) is 0 Å². The molecular weight excluding hydrogens is 496 g/mol. The van der Waals surface area contributed by atoms with E-state index < -0.39 is 10.0 Å². The van der Waals surface area contributed by atoms with Gasteiger partial charge in [-0.2, -0.15) is 9.29 Å². The fourth-order valence-corrected chi connectivity index (χ4v) is 6.76. The molecule has 1 aliphatic carbocycles. The Balaban J connectivity index is 1.29. The normalized spacial score (nSPS) is 18.1. The number of sulfonamides is 1. The van der Waals surface area contributed by atoms with Crippen molar-refractivity contribution >= 4 is 32.7 Å². The van der Waals surface area contributed by atoms with Crippen LogP contribution in [0.3, 0.4) is 0 Å². The summed E-state index contributed by atoms with van der Waals surface area (Å²) in [5.74, 6) is 1.62. The number of benzene rings is 2. The van der Waals surface area contributed by atoms with Crippen LogP contribution in [0.15, 0.2) is 53.4 Å². The molecule has 0 amide bonds. The van der Waals surface area contributed by atoms with Gasteiger partial charge in [-0.1, -0.05) is 38.1 Å². The van der Waals surface area contributed by atoms with Crippen molar-refractivity contribution < 1.29 is 8.42 Å². The van der Waals surface area contributed by atoms with Crippen LogP contribution in [-0.4, -0.2) is 62.0 Å². The molecule has 3 aromatic rings. The number of anilines is 2. The molecule has 0 aliphatic heterocycles. The number of rotatable bonds is 12. The fraction of sp³-hybridized carbons (Fsp3) is 0.517. The molecule has 0 spiro atoms. The van der Waals surface area contributed by atoms with Gasteiger partial charge in [-0.25, -0.2) is 13.4 Å².